The highest BCUT2D eigenvalue weighted by atomic mass is 79.9. The molecule has 2 N–H and O–H groups in total. The Morgan fingerprint density at radius 2 is 2.47 bits per heavy atom. The number of carboxylic acids is 1. The molecule has 0 saturated carbocycles. The number of hydrogen-bond acceptors (Lipinski definition) is 4. The van der Waals surface area contributed by atoms with Crippen LogP contribution in [0.15, 0.2) is 16.7 Å². The average Bonchev–Trinajstić information content (AvgIpc) is 2.30. The zero-order valence-corrected chi connectivity index (χ0v) is 10.9. The van der Waals surface area contributed by atoms with E-state index in [-0.39, 0.29) is 0 Å². The van der Waals surface area contributed by atoms with Crippen LogP contribution in [-0.4, -0.2) is 22.1 Å². The lowest BCUT2D eigenvalue weighted by molar-refractivity contribution is -0.138. The second-order valence-corrected chi connectivity index (χ2v) is 4.40. The van der Waals surface area contributed by atoms with Crippen molar-refractivity contribution in [2.24, 2.45) is 0 Å². The van der Waals surface area contributed by atoms with E-state index in [1.54, 1.807) is 6.07 Å². The number of halogens is 1. The molecular weight excluding hydrogens is 286 g/mol. The Morgan fingerprint density at radius 3 is 3.00 bits per heavy atom. The Hall–Kier alpha value is -1.61. The van der Waals surface area contributed by atoms with Crippen LogP contribution >= 0.6 is 15.9 Å². The Kier molecular flexibility index (Phi) is 4.91. The van der Waals surface area contributed by atoms with Crippen molar-refractivity contribution in [3.63, 3.8) is 0 Å². The number of hydrogen-bond donors (Lipinski definition) is 2. The third kappa shape index (κ3) is 3.71. The Bertz CT molecular complexity index is 457. The minimum absolute atomic E-state index is 0.302. The molecule has 0 aliphatic carbocycles. The monoisotopic (exact) mass is 297 g/mol. The molecule has 0 fully saturated rings. The number of pyridine rings is 1. The fourth-order valence-electron chi connectivity index (χ4n) is 1.35. The molecule has 0 bridgehead atoms. The lowest BCUT2D eigenvalue weighted by Gasteiger charge is -2.14. The van der Waals surface area contributed by atoms with Crippen LogP contribution in [0.5, 0.6) is 0 Å². The summed E-state index contributed by atoms with van der Waals surface area (Å²) in [5.41, 5.74) is 0.321. The minimum Gasteiger partial charge on any atom is -0.480 e. The minimum atomic E-state index is -0.944. The molecule has 0 saturated heterocycles. The number of rotatable bonds is 5. The largest absolute Gasteiger partial charge is 0.480 e. The first-order valence-electron chi connectivity index (χ1n) is 5.13. The van der Waals surface area contributed by atoms with Crippen molar-refractivity contribution in [3.05, 3.63) is 22.3 Å². The fraction of sp³-hybridized carbons (Fsp3) is 0.364. The molecule has 1 heterocycles. The summed E-state index contributed by atoms with van der Waals surface area (Å²) in [5.74, 6) is -0.642. The molecule has 1 atom stereocenters. The van der Waals surface area contributed by atoms with Gasteiger partial charge in [0.25, 0.3) is 0 Å². The van der Waals surface area contributed by atoms with Crippen LogP contribution in [0.2, 0.25) is 0 Å². The first-order chi connectivity index (χ1) is 8.08. The molecule has 0 amide bonds. The number of anilines is 1. The van der Waals surface area contributed by atoms with Gasteiger partial charge in [-0.05, 0) is 28.4 Å². The van der Waals surface area contributed by atoms with Gasteiger partial charge in [0.1, 0.15) is 17.9 Å². The number of carbonyl (C=O) groups is 1. The quantitative estimate of drug-likeness (QED) is 0.871. The van der Waals surface area contributed by atoms with E-state index in [0.29, 0.717) is 22.3 Å². The molecule has 0 aromatic carbocycles. The van der Waals surface area contributed by atoms with Gasteiger partial charge in [0, 0.05) is 10.7 Å². The Morgan fingerprint density at radius 1 is 1.76 bits per heavy atom. The summed E-state index contributed by atoms with van der Waals surface area (Å²) in [6, 6.07) is 2.85. The normalized spacial score (nSPS) is 11.6. The maximum Gasteiger partial charge on any atom is 0.326 e. The maximum absolute atomic E-state index is 11.0. The second kappa shape index (κ2) is 6.21. The number of nitrogens with one attached hydrogen (secondary N) is 1. The van der Waals surface area contributed by atoms with Gasteiger partial charge < -0.3 is 10.4 Å². The summed E-state index contributed by atoms with van der Waals surface area (Å²) in [5, 5.41) is 20.7. The van der Waals surface area contributed by atoms with Gasteiger partial charge in [-0.1, -0.05) is 13.3 Å². The maximum atomic E-state index is 11.0. The van der Waals surface area contributed by atoms with E-state index in [0.717, 1.165) is 6.42 Å². The molecule has 0 aliphatic rings. The van der Waals surface area contributed by atoms with Crippen LogP contribution in [0.4, 0.5) is 5.82 Å². The van der Waals surface area contributed by atoms with E-state index in [1.807, 2.05) is 13.0 Å². The smallest absolute Gasteiger partial charge is 0.326 e. The van der Waals surface area contributed by atoms with Crippen LogP contribution in [-0.2, 0) is 4.79 Å². The van der Waals surface area contributed by atoms with Gasteiger partial charge in [-0.2, -0.15) is 5.26 Å². The van der Waals surface area contributed by atoms with E-state index < -0.39 is 12.0 Å². The predicted molar refractivity (Wildman–Crippen MR) is 66.6 cm³/mol. The third-order valence-corrected chi connectivity index (χ3v) is 2.59. The van der Waals surface area contributed by atoms with Crippen molar-refractivity contribution in [2.45, 2.75) is 25.8 Å². The number of nitriles is 1. The van der Waals surface area contributed by atoms with Crippen LogP contribution < -0.4 is 5.32 Å². The summed E-state index contributed by atoms with van der Waals surface area (Å²) < 4.78 is 0.682. The highest BCUT2D eigenvalue weighted by Gasteiger charge is 2.18. The van der Waals surface area contributed by atoms with Gasteiger partial charge in [-0.3, -0.25) is 0 Å². The number of aliphatic carboxylic acids is 1. The SMILES string of the molecule is CCCC(Nc1ncc(Br)cc1C#N)C(=O)O. The zero-order valence-electron chi connectivity index (χ0n) is 9.27. The van der Waals surface area contributed by atoms with Crippen molar-refractivity contribution < 1.29 is 9.90 Å². The molecule has 17 heavy (non-hydrogen) atoms. The van der Waals surface area contributed by atoms with Crippen LogP contribution in [0, 0.1) is 11.3 Å². The lowest BCUT2D eigenvalue weighted by atomic mass is 10.1. The van der Waals surface area contributed by atoms with Crippen molar-refractivity contribution >= 4 is 27.7 Å². The first-order valence-corrected chi connectivity index (χ1v) is 5.92. The van der Waals surface area contributed by atoms with Crippen molar-refractivity contribution in [1.82, 2.24) is 4.98 Å². The summed E-state index contributed by atoms with van der Waals surface area (Å²) in [7, 11) is 0. The third-order valence-electron chi connectivity index (χ3n) is 2.16. The van der Waals surface area contributed by atoms with E-state index in [2.05, 4.69) is 26.2 Å². The number of carboxylic acid groups (broad SMARTS) is 1. The van der Waals surface area contributed by atoms with Crippen LogP contribution in [0.25, 0.3) is 0 Å². The van der Waals surface area contributed by atoms with E-state index in [1.165, 1.54) is 6.20 Å². The average molecular weight is 298 g/mol. The van der Waals surface area contributed by atoms with Crippen LogP contribution in [0.1, 0.15) is 25.3 Å². The molecule has 0 radical (unpaired) electrons. The highest BCUT2D eigenvalue weighted by Crippen LogP contribution is 2.18. The van der Waals surface area contributed by atoms with Gasteiger partial charge in [0.2, 0.25) is 0 Å². The van der Waals surface area contributed by atoms with Gasteiger partial charge in [0.15, 0.2) is 0 Å². The molecular formula is C11H12BrN3O2. The van der Waals surface area contributed by atoms with Gasteiger partial charge in [-0.25, -0.2) is 9.78 Å². The van der Waals surface area contributed by atoms with Crippen molar-refractivity contribution in [3.8, 4) is 6.07 Å². The Labute approximate surface area is 108 Å². The Balaban J connectivity index is 2.93. The van der Waals surface area contributed by atoms with Gasteiger partial charge in [0.05, 0.1) is 5.56 Å². The first kappa shape index (κ1) is 13.5. The van der Waals surface area contributed by atoms with E-state index >= 15 is 0 Å². The van der Waals surface area contributed by atoms with Gasteiger partial charge in [-0.15, -0.1) is 0 Å². The molecule has 1 aromatic rings. The summed E-state index contributed by atoms with van der Waals surface area (Å²) in [6.45, 7) is 1.90. The van der Waals surface area contributed by atoms with Crippen molar-refractivity contribution in [2.75, 3.05) is 5.32 Å². The van der Waals surface area contributed by atoms with Crippen molar-refractivity contribution in [1.29, 1.82) is 5.26 Å². The second-order valence-electron chi connectivity index (χ2n) is 3.49. The molecule has 90 valence electrons. The zero-order chi connectivity index (χ0) is 12.8. The fourth-order valence-corrected chi connectivity index (χ4v) is 1.68. The number of aromatic nitrogens is 1. The van der Waals surface area contributed by atoms with E-state index in [4.69, 9.17) is 10.4 Å². The lowest BCUT2D eigenvalue weighted by Crippen LogP contribution is -2.29. The van der Waals surface area contributed by atoms with Crippen LogP contribution in [0.3, 0.4) is 0 Å². The summed E-state index contributed by atoms with van der Waals surface area (Å²) in [4.78, 5) is 15.0. The van der Waals surface area contributed by atoms with Gasteiger partial charge >= 0.3 is 5.97 Å². The highest BCUT2D eigenvalue weighted by molar-refractivity contribution is 9.10. The van der Waals surface area contributed by atoms with E-state index in [9.17, 15) is 4.79 Å². The predicted octanol–water partition coefficient (Wildman–Crippen LogP) is 2.38. The topological polar surface area (TPSA) is 86.0 Å². The standard InChI is InChI=1S/C11H12BrN3O2/c1-2-3-9(11(16)17)15-10-7(5-13)4-8(12)6-14-10/h4,6,9H,2-3H2,1H3,(H,14,15)(H,16,17). The molecule has 5 nitrogen and oxygen atoms in total. The molecule has 6 heteroatoms. The number of nitrogens with zero attached hydrogens (tertiary/aromatic N) is 2. The molecule has 0 spiro atoms. The molecule has 1 rings (SSSR count). The molecule has 1 aromatic heterocycles. The molecule has 1 unspecified atom stereocenters. The summed E-state index contributed by atoms with van der Waals surface area (Å²) >= 11 is 3.21. The summed E-state index contributed by atoms with van der Waals surface area (Å²) in [6.07, 6.45) is 2.74. The molecule has 0 aliphatic heterocycles.